The number of carbonyl (C=O) groups is 1. The highest BCUT2D eigenvalue weighted by molar-refractivity contribution is 6.06. The molecule has 1 unspecified atom stereocenters. The molecule has 2 aliphatic heterocycles. The van der Waals surface area contributed by atoms with E-state index in [-0.39, 0.29) is 17.4 Å². The number of oxazole rings is 1. The molecule has 0 radical (unpaired) electrons. The van der Waals surface area contributed by atoms with E-state index in [0.29, 0.717) is 43.1 Å². The lowest BCUT2D eigenvalue weighted by Crippen LogP contribution is -2.36. The Bertz CT molecular complexity index is 1120. The van der Waals surface area contributed by atoms with E-state index in [2.05, 4.69) is 9.97 Å². The van der Waals surface area contributed by atoms with Crippen LogP contribution in [0.1, 0.15) is 45.6 Å². The number of nitrogens with zero attached hydrogens (tertiary/aromatic N) is 2. The minimum Gasteiger partial charge on any atom is -0.445 e. The average molecular weight is 379 g/mol. The van der Waals surface area contributed by atoms with Gasteiger partial charge in [-0.15, -0.1) is 0 Å². The minimum atomic E-state index is -0.276. The van der Waals surface area contributed by atoms with Gasteiger partial charge in [0, 0.05) is 36.5 Å². The fourth-order valence-corrected chi connectivity index (χ4v) is 4.01. The smallest absolute Gasteiger partial charge is 0.255 e. The number of rotatable bonds is 2. The molecule has 1 atom stereocenters. The predicted molar refractivity (Wildman–Crippen MR) is 102 cm³/mol. The maximum absolute atomic E-state index is 13.2. The monoisotopic (exact) mass is 379 g/mol. The number of amides is 1. The normalized spacial score (nSPS) is 19.2. The number of ether oxygens (including phenoxy) is 1. The molecule has 7 heteroatoms. The standard InChI is InChI=1S/C21H21N3O4/c1-12-2-3-16-14(8-12)15(9-19(25)22-16)21(26)24-6-4-18-17(10-24)23-20(28-18)13-5-7-27-11-13/h2-3,8-9,13H,4-7,10-11H2,1H3,(H,22,25). The molecule has 0 bridgehead atoms. The molecule has 1 saturated heterocycles. The Morgan fingerprint density at radius 2 is 2.21 bits per heavy atom. The number of hydrogen-bond donors (Lipinski definition) is 1. The van der Waals surface area contributed by atoms with E-state index >= 15 is 0 Å². The van der Waals surface area contributed by atoms with Crippen molar-refractivity contribution in [3.63, 3.8) is 0 Å². The van der Waals surface area contributed by atoms with Gasteiger partial charge in [-0.1, -0.05) is 11.6 Å². The molecule has 4 heterocycles. The third-order valence-electron chi connectivity index (χ3n) is 5.54. The second-order valence-electron chi connectivity index (χ2n) is 7.56. The molecule has 144 valence electrons. The van der Waals surface area contributed by atoms with Crippen LogP contribution in [-0.4, -0.2) is 40.5 Å². The van der Waals surface area contributed by atoms with E-state index in [4.69, 9.17) is 9.15 Å². The molecule has 2 aliphatic rings. The van der Waals surface area contributed by atoms with Crippen LogP contribution in [0.5, 0.6) is 0 Å². The van der Waals surface area contributed by atoms with E-state index < -0.39 is 0 Å². The number of pyridine rings is 1. The molecule has 3 aromatic rings. The van der Waals surface area contributed by atoms with Crippen molar-refractivity contribution >= 4 is 16.8 Å². The van der Waals surface area contributed by atoms with Gasteiger partial charge in [-0.3, -0.25) is 9.59 Å². The van der Waals surface area contributed by atoms with Gasteiger partial charge < -0.3 is 19.0 Å². The van der Waals surface area contributed by atoms with Crippen molar-refractivity contribution in [2.45, 2.75) is 32.2 Å². The summed E-state index contributed by atoms with van der Waals surface area (Å²) in [6, 6.07) is 7.08. The summed E-state index contributed by atoms with van der Waals surface area (Å²) in [5.74, 6) is 1.63. The van der Waals surface area contributed by atoms with E-state index in [1.54, 1.807) is 4.90 Å². The number of hydrogen-bond acceptors (Lipinski definition) is 5. The summed E-state index contributed by atoms with van der Waals surface area (Å²) >= 11 is 0. The molecular weight excluding hydrogens is 358 g/mol. The average Bonchev–Trinajstić information content (AvgIpc) is 3.36. The van der Waals surface area contributed by atoms with Gasteiger partial charge in [0.1, 0.15) is 11.5 Å². The predicted octanol–water partition coefficient (Wildman–Crippen LogP) is 2.53. The minimum absolute atomic E-state index is 0.152. The Kier molecular flexibility index (Phi) is 4.05. The zero-order chi connectivity index (χ0) is 19.3. The lowest BCUT2D eigenvalue weighted by atomic mass is 10.0. The number of fused-ring (bicyclic) bond motifs is 2. The lowest BCUT2D eigenvalue weighted by Gasteiger charge is -2.25. The van der Waals surface area contributed by atoms with Crippen LogP contribution in [0.15, 0.2) is 33.5 Å². The molecule has 28 heavy (non-hydrogen) atoms. The largest absolute Gasteiger partial charge is 0.445 e. The number of aromatic amines is 1. The van der Waals surface area contributed by atoms with Gasteiger partial charge in [-0.2, -0.15) is 0 Å². The van der Waals surface area contributed by atoms with Crippen LogP contribution in [-0.2, 0) is 17.7 Å². The Hall–Kier alpha value is -2.93. The Morgan fingerprint density at radius 3 is 3.04 bits per heavy atom. The van der Waals surface area contributed by atoms with E-state index in [0.717, 1.165) is 35.4 Å². The highest BCUT2D eigenvalue weighted by atomic mass is 16.5. The molecule has 1 fully saturated rings. The van der Waals surface area contributed by atoms with E-state index in [1.807, 2.05) is 25.1 Å². The summed E-state index contributed by atoms with van der Waals surface area (Å²) in [5, 5.41) is 0.763. The van der Waals surface area contributed by atoms with Crippen LogP contribution in [0.3, 0.4) is 0 Å². The van der Waals surface area contributed by atoms with Crippen LogP contribution < -0.4 is 5.56 Å². The lowest BCUT2D eigenvalue weighted by molar-refractivity contribution is 0.0729. The van der Waals surface area contributed by atoms with Gasteiger partial charge in [0.15, 0.2) is 5.89 Å². The fraction of sp³-hybridized carbons (Fsp3) is 0.381. The van der Waals surface area contributed by atoms with Gasteiger partial charge >= 0.3 is 0 Å². The highest BCUT2D eigenvalue weighted by Gasteiger charge is 2.30. The van der Waals surface area contributed by atoms with E-state index in [1.165, 1.54) is 6.07 Å². The first-order valence-electron chi connectivity index (χ1n) is 9.57. The first-order valence-corrected chi connectivity index (χ1v) is 9.57. The zero-order valence-corrected chi connectivity index (χ0v) is 15.7. The van der Waals surface area contributed by atoms with Crippen molar-refractivity contribution < 1.29 is 13.9 Å². The molecule has 1 aromatic carbocycles. The Balaban J connectivity index is 1.46. The van der Waals surface area contributed by atoms with Crippen molar-refractivity contribution in [1.29, 1.82) is 0 Å². The first kappa shape index (κ1) is 17.2. The SMILES string of the molecule is Cc1ccc2[nH]c(=O)cc(C(=O)N3CCc4oc(C5CCOC5)nc4C3)c2c1. The fourth-order valence-electron chi connectivity index (χ4n) is 4.01. The van der Waals surface area contributed by atoms with Gasteiger partial charge in [0.05, 0.1) is 24.6 Å². The molecule has 0 saturated carbocycles. The molecule has 5 rings (SSSR count). The molecule has 0 spiro atoms. The summed E-state index contributed by atoms with van der Waals surface area (Å²) in [6.45, 7) is 4.28. The molecular formula is C21H21N3O4. The Morgan fingerprint density at radius 1 is 1.32 bits per heavy atom. The summed E-state index contributed by atoms with van der Waals surface area (Å²) in [4.78, 5) is 34.5. The molecule has 2 aromatic heterocycles. The summed E-state index contributed by atoms with van der Waals surface area (Å²) in [7, 11) is 0. The van der Waals surface area contributed by atoms with Crippen molar-refractivity contribution in [3.05, 3.63) is 63.1 Å². The number of aryl methyl sites for hydroxylation is 1. The first-order chi connectivity index (χ1) is 13.6. The van der Waals surface area contributed by atoms with Crippen LogP contribution >= 0.6 is 0 Å². The van der Waals surface area contributed by atoms with Crippen molar-refractivity contribution in [2.24, 2.45) is 0 Å². The molecule has 7 nitrogen and oxygen atoms in total. The number of nitrogens with one attached hydrogen (secondary N) is 1. The molecule has 1 amide bonds. The maximum atomic E-state index is 13.2. The van der Waals surface area contributed by atoms with Crippen molar-refractivity contribution in [3.8, 4) is 0 Å². The summed E-state index contributed by atoms with van der Waals surface area (Å²) in [5.41, 5.74) is 2.67. The van der Waals surface area contributed by atoms with Crippen molar-refractivity contribution in [2.75, 3.05) is 19.8 Å². The second-order valence-corrected chi connectivity index (χ2v) is 7.56. The third-order valence-corrected chi connectivity index (χ3v) is 5.54. The van der Waals surface area contributed by atoms with Crippen LogP contribution in [0.2, 0.25) is 0 Å². The third kappa shape index (κ3) is 2.92. The number of carbonyl (C=O) groups excluding carboxylic acids is 1. The molecule has 1 N–H and O–H groups in total. The summed E-state index contributed by atoms with van der Waals surface area (Å²) in [6.07, 6.45) is 1.54. The maximum Gasteiger partial charge on any atom is 0.255 e. The van der Waals surface area contributed by atoms with Crippen LogP contribution in [0.25, 0.3) is 10.9 Å². The number of benzene rings is 1. The van der Waals surface area contributed by atoms with Gasteiger partial charge in [-0.25, -0.2) is 4.98 Å². The van der Waals surface area contributed by atoms with Gasteiger partial charge in [-0.05, 0) is 25.5 Å². The van der Waals surface area contributed by atoms with Crippen LogP contribution in [0, 0.1) is 6.92 Å². The number of H-pyrrole nitrogens is 1. The second kappa shape index (κ2) is 6.60. The summed E-state index contributed by atoms with van der Waals surface area (Å²) < 4.78 is 11.4. The quantitative estimate of drug-likeness (QED) is 0.739. The number of aromatic nitrogens is 2. The highest BCUT2D eigenvalue weighted by Crippen LogP contribution is 2.29. The van der Waals surface area contributed by atoms with Crippen molar-refractivity contribution in [1.82, 2.24) is 14.9 Å². The Labute approximate surface area is 161 Å². The van der Waals surface area contributed by atoms with E-state index in [9.17, 15) is 9.59 Å². The van der Waals surface area contributed by atoms with Gasteiger partial charge in [0.25, 0.3) is 5.91 Å². The molecule has 0 aliphatic carbocycles. The van der Waals surface area contributed by atoms with Crippen LogP contribution in [0.4, 0.5) is 0 Å². The zero-order valence-electron chi connectivity index (χ0n) is 15.7. The topological polar surface area (TPSA) is 88.4 Å². The van der Waals surface area contributed by atoms with Gasteiger partial charge in [0.2, 0.25) is 5.56 Å².